The highest BCUT2D eigenvalue weighted by atomic mass is 16.5. The Balaban J connectivity index is 1.59. The molecule has 0 aliphatic carbocycles. The fourth-order valence-corrected chi connectivity index (χ4v) is 3.76. The largest absolute Gasteiger partial charge is 0.497 e. The van der Waals surface area contributed by atoms with E-state index in [4.69, 9.17) is 24.3 Å². The predicted molar refractivity (Wildman–Crippen MR) is 149 cm³/mol. The molecule has 0 spiro atoms. The SMILES string of the molecule is COc1ccc(N(c2ccc(/C=C/c3ccc(/C=C(\C#N)C(=O)O)c(=O)o3)cc2)c2ccc(OC)cc2)cc1. The minimum absolute atomic E-state index is 0.0207. The van der Waals surface area contributed by atoms with Crippen molar-refractivity contribution < 1.29 is 23.8 Å². The van der Waals surface area contributed by atoms with Gasteiger partial charge < -0.3 is 23.9 Å². The van der Waals surface area contributed by atoms with Crippen LogP contribution >= 0.6 is 0 Å². The first kappa shape index (κ1) is 26.5. The lowest BCUT2D eigenvalue weighted by atomic mass is 10.1. The third-order valence-corrected chi connectivity index (χ3v) is 5.78. The van der Waals surface area contributed by atoms with E-state index in [1.807, 2.05) is 72.8 Å². The molecule has 1 aromatic heterocycles. The number of ether oxygens (including phenoxy) is 2. The van der Waals surface area contributed by atoms with Gasteiger partial charge in [0.2, 0.25) is 0 Å². The van der Waals surface area contributed by atoms with E-state index < -0.39 is 17.2 Å². The van der Waals surface area contributed by atoms with Crippen LogP contribution in [0.2, 0.25) is 0 Å². The highest BCUT2D eigenvalue weighted by Crippen LogP contribution is 2.36. The lowest BCUT2D eigenvalue weighted by Crippen LogP contribution is -2.09. The topological polar surface area (TPSA) is 113 Å². The minimum atomic E-state index is -1.41. The Morgan fingerprint density at radius 1 is 0.821 bits per heavy atom. The van der Waals surface area contributed by atoms with Gasteiger partial charge in [0, 0.05) is 17.1 Å². The second kappa shape index (κ2) is 12.1. The van der Waals surface area contributed by atoms with Crippen molar-refractivity contribution in [1.29, 1.82) is 5.26 Å². The summed E-state index contributed by atoms with van der Waals surface area (Å²) < 4.78 is 15.9. The Morgan fingerprint density at radius 2 is 1.33 bits per heavy atom. The Bertz CT molecular complexity index is 1560. The van der Waals surface area contributed by atoms with Crippen molar-refractivity contribution in [3.63, 3.8) is 0 Å². The highest BCUT2D eigenvalue weighted by Gasteiger charge is 2.13. The number of anilines is 3. The van der Waals surface area contributed by atoms with Crippen LogP contribution in [-0.2, 0) is 4.79 Å². The van der Waals surface area contributed by atoms with E-state index in [2.05, 4.69) is 4.90 Å². The van der Waals surface area contributed by atoms with Gasteiger partial charge in [0.25, 0.3) is 0 Å². The van der Waals surface area contributed by atoms with Crippen LogP contribution in [0.25, 0.3) is 18.2 Å². The van der Waals surface area contributed by atoms with Gasteiger partial charge in [0.15, 0.2) is 0 Å². The van der Waals surface area contributed by atoms with Gasteiger partial charge in [-0.3, -0.25) is 0 Å². The molecule has 39 heavy (non-hydrogen) atoms. The zero-order valence-corrected chi connectivity index (χ0v) is 21.2. The van der Waals surface area contributed by atoms with Crippen molar-refractivity contribution in [3.8, 4) is 17.6 Å². The van der Waals surface area contributed by atoms with Gasteiger partial charge >= 0.3 is 11.6 Å². The monoisotopic (exact) mass is 520 g/mol. The van der Waals surface area contributed by atoms with Crippen LogP contribution in [0.3, 0.4) is 0 Å². The second-order valence-corrected chi connectivity index (χ2v) is 8.21. The molecule has 0 amide bonds. The number of carboxylic acid groups (broad SMARTS) is 1. The molecule has 0 atom stereocenters. The summed E-state index contributed by atoms with van der Waals surface area (Å²) in [5.41, 5.74) is 2.38. The average Bonchev–Trinajstić information content (AvgIpc) is 2.97. The summed E-state index contributed by atoms with van der Waals surface area (Å²) in [4.78, 5) is 25.3. The number of carboxylic acids is 1. The number of hydrogen-bond donors (Lipinski definition) is 1. The number of rotatable bonds is 9. The average molecular weight is 521 g/mol. The molecule has 0 saturated carbocycles. The maximum absolute atomic E-state index is 12.2. The van der Waals surface area contributed by atoms with Crippen LogP contribution in [0, 0.1) is 11.3 Å². The number of benzene rings is 3. The Kier molecular flexibility index (Phi) is 8.24. The third kappa shape index (κ3) is 6.42. The van der Waals surface area contributed by atoms with Crippen molar-refractivity contribution in [2.45, 2.75) is 0 Å². The van der Waals surface area contributed by atoms with E-state index in [0.29, 0.717) is 0 Å². The van der Waals surface area contributed by atoms with Gasteiger partial charge in [0.1, 0.15) is 28.9 Å². The molecular formula is C31H24N2O6. The first-order valence-electron chi connectivity index (χ1n) is 11.8. The molecule has 0 aliphatic heterocycles. The fraction of sp³-hybridized carbons (Fsp3) is 0.0645. The molecular weight excluding hydrogens is 496 g/mol. The highest BCUT2D eigenvalue weighted by molar-refractivity contribution is 5.96. The third-order valence-electron chi connectivity index (χ3n) is 5.78. The summed E-state index contributed by atoms with van der Waals surface area (Å²) >= 11 is 0. The van der Waals surface area contributed by atoms with Crippen LogP contribution in [0.1, 0.15) is 16.9 Å². The first-order chi connectivity index (χ1) is 18.9. The molecule has 1 N–H and O–H groups in total. The maximum atomic E-state index is 12.2. The molecule has 3 aromatic carbocycles. The number of methoxy groups -OCH3 is 2. The summed E-state index contributed by atoms with van der Waals surface area (Å²) in [6.45, 7) is 0. The minimum Gasteiger partial charge on any atom is -0.497 e. The summed E-state index contributed by atoms with van der Waals surface area (Å²) in [6, 6.07) is 27.8. The molecule has 194 valence electrons. The van der Waals surface area contributed by atoms with E-state index in [9.17, 15) is 9.59 Å². The number of hydrogen-bond acceptors (Lipinski definition) is 7. The van der Waals surface area contributed by atoms with E-state index in [1.54, 1.807) is 26.4 Å². The van der Waals surface area contributed by atoms with Gasteiger partial charge in [-0.15, -0.1) is 0 Å². The number of carbonyl (C=O) groups is 1. The predicted octanol–water partition coefficient (Wildman–Crippen LogP) is 6.29. The van der Waals surface area contributed by atoms with Crippen molar-refractivity contribution in [3.05, 3.63) is 118 Å². The summed E-state index contributed by atoms with van der Waals surface area (Å²) in [5.74, 6) is 0.393. The van der Waals surface area contributed by atoms with Crippen molar-refractivity contribution >= 4 is 41.3 Å². The lowest BCUT2D eigenvalue weighted by Gasteiger charge is -2.26. The zero-order valence-electron chi connectivity index (χ0n) is 21.2. The molecule has 4 rings (SSSR count). The van der Waals surface area contributed by atoms with Crippen LogP contribution in [0.5, 0.6) is 11.5 Å². The van der Waals surface area contributed by atoms with Gasteiger partial charge in [-0.25, -0.2) is 9.59 Å². The zero-order chi connectivity index (χ0) is 27.8. The van der Waals surface area contributed by atoms with E-state index >= 15 is 0 Å². The summed E-state index contributed by atoms with van der Waals surface area (Å²) in [7, 11) is 3.26. The number of nitrogens with zero attached hydrogens (tertiary/aromatic N) is 2. The molecule has 0 bridgehead atoms. The van der Waals surface area contributed by atoms with E-state index in [1.165, 1.54) is 18.2 Å². The number of aliphatic carboxylic acids is 1. The summed E-state index contributed by atoms with van der Waals surface area (Å²) in [6.07, 6.45) is 4.41. The van der Waals surface area contributed by atoms with Crippen molar-refractivity contribution in [2.75, 3.05) is 19.1 Å². The Labute approximate surface area is 224 Å². The fourth-order valence-electron chi connectivity index (χ4n) is 3.76. The van der Waals surface area contributed by atoms with Crippen LogP contribution in [0.4, 0.5) is 17.1 Å². The van der Waals surface area contributed by atoms with Crippen LogP contribution < -0.4 is 20.0 Å². The molecule has 8 nitrogen and oxygen atoms in total. The Morgan fingerprint density at radius 3 is 1.77 bits per heavy atom. The van der Waals surface area contributed by atoms with Gasteiger partial charge in [-0.1, -0.05) is 18.2 Å². The van der Waals surface area contributed by atoms with Crippen LogP contribution in [-0.4, -0.2) is 25.3 Å². The number of nitriles is 1. The van der Waals surface area contributed by atoms with E-state index in [-0.39, 0.29) is 11.3 Å². The first-order valence-corrected chi connectivity index (χ1v) is 11.8. The maximum Gasteiger partial charge on any atom is 0.346 e. The molecule has 0 aliphatic rings. The quantitative estimate of drug-likeness (QED) is 0.202. The van der Waals surface area contributed by atoms with Gasteiger partial charge in [-0.2, -0.15) is 5.26 Å². The molecule has 0 fully saturated rings. The van der Waals surface area contributed by atoms with Gasteiger partial charge in [-0.05, 0) is 90.5 Å². The molecule has 0 radical (unpaired) electrons. The van der Waals surface area contributed by atoms with Gasteiger partial charge in [0.05, 0.1) is 19.8 Å². The second-order valence-electron chi connectivity index (χ2n) is 8.21. The molecule has 0 saturated heterocycles. The van der Waals surface area contributed by atoms with E-state index in [0.717, 1.165) is 40.2 Å². The Hall–Kier alpha value is -5.55. The standard InChI is InChI=1S/C31H24N2O6/c1-37-27-15-9-25(10-16-27)33(26-11-17-28(38-2)18-12-26)24-7-3-21(4-8-24)5-13-29-14-6-22(31(36)39-29)19-23(20-32)30(34)35/h3-19H,1-2H3,(H,34,35)/b13-5+,23-19+. The summed E-state index contributed by atoms with van der Waals surface area (Å²) in [5, 5.41) is 17.9. The van der Waals surface area contributed by atoms with Crippen molar-refractivity contribution in [2.24, 2.45) is 0 Å². The smallest absolute Gasteiger partial charge is 0.346 e. The lowest BCUT2D eigenvalue weighted by molar-refractivity contribution is -0.132. The molecule has 1 heterocycles. The van der Waals surface area contributed by atoms with Crippen LogP contribution in [0.15, 0.2) is 99.7 Å². The van der Waals surface area contributed by atoms with Crippen molar-refractivity contribution in [1.82, 2.24) is 0 Å². The molecule has 4 aromatic rings. The molecule has 8 heteroatoms. The normalized spacial score (nSPS) is 11.2. The molecule has 0 unspecified atom stereocenters.